The Bertz CT molecular complexity index is 437. The zero-order valence-corrected chi connectivity index (χ0v) is 15.3. The van der Waals surface area contributed by atoms with E-state index in [0.717, 1.165) is 51.5 Å². The third kappa shape index (κ3) is 6.31. The lowest BCUT2D eigenvalue weighted by Gasteiger charge is -2.30. The summed E-state index contributed by atoms with van der Waals surface area (Å²) in [6, 6.07) is 0.220. The Balaban J connectivity index is 1.84. The Labute approximate surface area is 141 Å². The average Bonchev–Trinajstić information content (AvgIpc) is 2.94. The van der Waals surface area contributed by atoms with Gasteiger partial charge in [-0.05, 0) is 32.1 Å². The van der Waals surface area contributed by atoms with Gasteiger partial charge in [0, 0.05) is 25.7 Å². The van der Waals surface area contributed by atoms with Gasteiger partial charge < -0.3 is 4.74 Å². The molecule has 2 atom stereocenters. The topological polar surface area (TPSA) is 67.9 Å². The van der Waals surface area contributed by atoms with E-state index in [1.165, 1.54) is 6.42 Å². The number of rotatable bonds is 9. The summed E-state index contributed by atoms with van der Waals surface area (Å²) in [6.45, 7) is 3.62. The third-order valence-electron chi connectivity index (χ3n) is 4.82. The second kappa shape index (κ2) is 9.32. The molecule has 2 rings (SSSR count). The number of nitrogens with one attached hydrogen (secondary N) is 1. The number of ether oxygens (including phenoxy) is 1. The molecule has 0 radical (unpaired) electrons. The van der Waals surface area contributed by atoms with Gasteiger partial charge >= 0.3 is 0 Å². The van der Waals surface area contributed by atoms with Gasteiger partial charge in [0.05, 0.1) is 18.5 Å². The molecule has 1 saturated carbocycles. The second-order valence-corrected chi connectivity index (χ2v) is 8.40. The molecule has 0 unspecified atom stereocenters. The van der Waals surface area contributed by atoms with Crippen LogP contribution in [0.4, 0.5) is 0 Å². The molecule has 136 valence electrons. The SMILES string of the molecule is CC[C@H](CS(=O)(=O)OC1CCCCC1)NN1CCC[C@H]1COC. The van der Waals surface area contributed by atoms with E-state index in [9.17, 15) is 8.42 Å². The van der Waals surface area contributed by atoms with Crippen LogP contribution in [0.25, 0.3) is 0 Å². The Morgan fingerprint density at radius 1 is 1.17 bits per heavy atom. The van der Waals surface area contributed by atoms with E-state index in [2.05, 4.69) is 10.4 Å². The van der Waals surface area contributed by atoms with E-state index in [-0.39, 0.29) is 17.9 Å². The number of hydrogen-bond acceptors (Lipinski definition) is 6. The molecule has 1 aliphatic carbocycles. The Kier molecular flexibility index (Phi) is 7.75. The minimum atomic E-state index is -3.48. The summed E-state index contributed by atoms with van der Waals surface area (Å²) in [7, 11) is -1.78. The van der Waals surface area contributed by atoms with Gasteiger partial charge in [0.15, 0.2) is 0 Å². The molecule has 7 heteroatoms. The summed E-state index contributed by atoms with van der Waals surface area (Å²) >= 11 is 0. The van der Waals surface area contributed by atoms with Crippen LogP contribution in [0.3, 0.4) is 0 Å². The van der Waals surface area contributed by atoms with Crippen LogP contribution in [0, 0.1) is 0 Å². The normalized spacial score (nSPS) is 25.7. The predicted molar refractivity (Wildman–Crippen MR) is 90.6 cm³/mol. The molecular weight excluding hydrogens is 316 g/mol. The van der Waals surface area contributed by atoms with Crippen molar-refractivity contribution < 1.29 is 17.3 Å². The van der Waals surface area contributed by atoms with Crippen molar-refractivity contribution in [2.45, 2.75) is 76.5 Å². The van der Waals surface area contributed by atoms with Gasteiger partial charge in [-0.25, -0.2) is 5.01 Å². The van der Waals surface area contributed by atoms with Crippen molar-refractivity contribution in [2.24, 2.45) is 0 Å². The van der Waals surface area contributed by atoms with Gasteiger partial charge in [-0.3, -0.25) is 9.61 Å². The predicted octanol–water partition coefficient (Wildman–Crippen LogP) is 2.06. The van der Waals surface area contributed by atoms with Crippen LogP contribution in [-0.2, 0) is 19.0 Å². The van der Waals surface area contributed by atoms with Crippen molar-refractivity contribution in [1.29, 1.82) is 0 Å². The summed E-state index contributed by atoms with van der Waals surface area (Å²) < 4.78 is 35.4. The summed E-state index contributed by atoms with van der Waals surface area (Å²) in [5.41, 5.74) is 3.39. The first-order valence-corrected chi connectivity index (χ1v) is 10.5. The highest BCUT2D eigenvalue weighted by Gasteiger charge is 2.29. The van der Waals surface area contributed by atoms with Crippen LogP contribution in [0.1, 0.15) is 58.3 Å². The smallest absolute Gasteiger partial charge is 0.269 e. The van der Waals surface area contributed by atoms with E-state index >= 15 is 0 Å². The monoisotopic (exact) mass is 348 g/mol. The maximum Gasteiger partial charge on any atom is 0.269 e. The highest BCUT2D eigenvalue weighted by atomic mass is 32.2. The van der Waals surface area contributed by atoms with Crippen LogP contribution in [0.2, 0.25) is 0 Å². The van der Waals surface area contributed by atoms with Crippen LogP contribution < -0.4 is 5.43 Å². The molecule has 1 aliphatic heterocycles. The summed E-state index contributed by atoms with van der Waals surface area (Å²) in [4.78, 5) is 0. The summed E-state index contributed by atoms with van der Waals surface area (Å²) in [5, 5.41) is 2.15. The zero-order chi connectivity index (χ0) is 16.7. The molecule has 1 heterocycles. The first kappa shape index (κ1) is 19.1. The van der Waals surface area contributed by atoms with Gasteiger partial charge in [-0.2, -0.15) is 8.42 Å². The van der Waals surface area contributed by atoms with Crippen LogP contribution in [0.15, 0.2) is 0 Å². The van der Waals surface area contributed by atoms with Gasteiger partial charge in [0.2, 0.25) is 0 Å². The third-order valence-corrected chi connectivity index (χ3v) is 6.19. The molecule has 2 fully saturated rings. The lowest BCUT2D eigenvalue weighted by Crippen LogP contribution is -2.50. The van der Waals surface area contributed by atoms with Crippen LogP contribution >= 0.6 is 0 Å². The summed E-state index contributed by atoms with van der Waals surface area (Å²) in [5.74, 6) is 0.0379. The molecule has 0 spiro atoms. The fourth-order valence-electron chi connectivity index (χ4n) is 3.51. The van der Waals surface area contributed by atoms with E-state index in [1.54, 1.807) is 7.11 Å². The Hall–Kier alpha value is -0.210. The highest BCUT2D eigenvalue weighted by molar-refractivity contribution is 7.86. The molecule has 0 aromatic rings. The molecule has 1 N–H and O–H groups in total. The standard InChI is InChI=1S/C16H32N2O4S/c1-3-14(17-18-11-7-8-15(18)12-21-2)13-23(19,20)22-16-9-5-4-6-10-16/h14-17H,3-13H2,1-2H3/t14-,15+/m1/s1. The molecule has 0 bridgehead atoms. The lowest BCUT2D eigenvalue weighted by atomic mass is 9.98. The van der Waals surface area contributed by atoms with Crippen molar-refractivity contribution in [1.82, 2.24) is 10.4 Å². The van der Waals surface area contributed by atoms with Gasteiger partial charge in [-0.15, -0.1) is 0 Å². The number of hydrogen-bond donors (Lipinski definition) is 1. The van der Waals surface area contributed by atoms with Gasteiger partial charge in [0.25, 0.3) is 10.1 Å². The quantitative estimate of drug-likeness (QED) is 0.643. The van der Waals surface area contributed by atoms with E-state index in [4.69, 9.17) is 8.92 Å². The number of methoxy groups -OCH3 is 1. The largest absolute Gasteiger partial charge is 0.383 e. The van der Waals surface area contributed by atoms with Crippen molar-refractivity contribution in [3.8, 4) is 0 Å². The maximum atomic E-state index is 12.3. The minimum absolute atomic E-state index is 0.0379. The lowest BCUT2D eigenvalue weighted by molar-refractivity contribution is 0.0723. The molecule has 0 amide bonds. The fraction of sp³-hybridized carbons (Fsp3) is 1.00. The Morgan fingerprint density at radius 2 is 1.91 bits per heavy atom. The summed E-state index contributed by atoms with van der Waals surface area (Å²) in [6.07, 6.45) is 7.91. The van der Waals surface area contributed by atoms with Crippen molar-refractivity contribution >= 4 is 10.1 Å². The van der Waals surface area contributed by atoms with Crippen molar-refractivity contribution in [3.63, 3.8) is 0 Å². The van der Waals surface area contributed by atoms with Crippen molar-refractivity contribution in [3.05, 3.63) is 0 Å². The average molecular weight is 349 g/mol. The molecule has 0 aromatic heterocycles. The molecule has 1 saturated heterocycles. The molecule has 6 nitrogen and oxygen atoms in total. The van der Waals surface area contributed by atoms with Crippen LogP contribution in [-0.4, -0.2) is 57.6 Å². The van der Waals surface area contributed by atoms with E-state index < -0.39 is 10.1 Å². The number of nitrogens with zero attached hydrogens (tertiary/aromatic N) is 1. The van der Waals surface area contributed by atoms with Crippen molar-refractivity contribution in [2.75, 3.05) is 26.0 Å². The van der Waals surface area contributed by atoms with Gasteiger partial charge in [-0.1, -0.05) is 26.2 Å². The van der Waals surface area contributed by atoms with E-state index in [0.29, 0.717) is 12.6 Å². The highest BCUT2D eigenvalue weighted by Crippen LogP contribution is 2.22. The minimum Gasteiger partial charge on any atom is -0.383 e. The second-order valence-electron chi connectivity index (χ2n) is 6.76. The first-order valence-electron chi connectivity index (χ1n) is 8.96. The Morgan fingerprint density at radius 3 is 2.57 bits per heavy atom. The zero-order valence-electron chi connectivity index (χ0n) is 14.5. The van der Waals surface area contributed by atoms with Gasteiger partial charge in [0.1, 0.15) is 0 Å². The maximum absolute atomic E-state index is 12.3. The first-order chi connectivity index (χ1) is 11.0. The molecule has 0 aromatic carbocycles. The fourth-order valence-corrected chi connectivity index (χ4v) is 5.00. The van der Waals surface area contributed by atoms with Crippen LogP contribution in [0.5, 0.6) is 0 Å². The number of hydrazine groups is 1. The molecule has 23 heavy (non-hydrogen) atoms. The molecular formula is C16H32N2O4S. The molecule has 2 aliphatic rings. The van der Waals surface area contributed by atoms with E-state index in [1.807, 2.05) is 6.92 Å².